The molecule has 1 aromatic carbocycles. The smallest absolute Gasteiger partial charge is 0.130 e. The number of ether oxygens (including phenoxy) is 1. The van der Waals surface area contributed by atoms with Gasteiger partial charge in [-0.3, -0.25) is 4.90 Å². The molecule has 1 heterocycles. The van der Waals surface area contributed by atoms with Gasteiger partial charge in [-0.05, 0) is 25.0 Å². The average Bonchev–Trinajstić information content (AvgIpc) is 2.78. The molecule has 0 radical (unpaired) electrons. The van der Waals surface area contributed by atoms with E-state index in [1.807, 2.05) is 6.92 Å². The number of hydrogen-bond acceptors (Lipinski definition) is 2. The lowest BCUT2D eigenvalue weighted by Crippen LogP contribution is -2.26. The van der Waals surface area contributed by atoms with E-state index in [9.17, 15) is 8.78 Å². The monoisotopic (exact) mass is 283 g/mol. The first kappa shape index (κ1) is 15.4. The van der Waals surface area contributed by atoms with Crippen LogP contribution in [0, 0.1) is 23.5 Å². The number of rotatable bonds is 5. The molecule has 2 unspecified atom stereocenters. The Labute approximate surface area is 119 Å². The van der Waals surface area contributed by atoms with E-state index in [4.69, 9.17) is 4.74 Å². The highest BCUT2D eigenvalue weighted by Crippen LogP contribution is 2.28. The molecule has 4 heteroatoms. The van der Waals surface area contributed by atoms with Gasteiger partial charge in [0.2, 0.25) is 0 Å². The number of hydrogen-bond donors (Lipinski definition) is 0. The van der Waals surface area contributed by atoms with Gasteiger partial charge in [-0.25, -0.2) is 8.78 Å². The molecule has 1 saturated heterocycles. The minimum absolute atomic E-state index is 0.159. The molecule has 0 aromatic heterocycles. The van der Waals surface area contributed by atoms with Crippen LogP contribution in [0.2, 0.25) is 0 Å². The summed E-state index contributed by atoms with van der Waals surface area (Å²) in [6.45, 7) is 8.88. The summed E-state index contributed by atoms with van der Waals surface area (Å²) in [5.41, 5.74) is 0.159. The Morgan fingerprint density at radius 1 is 1.25 bits per heavy atom. The SMILES string of the molecule is CCOC1CN(Cc2c(F)cccc2F)CC1C(C)C. The second kappa shape index (κ2) is 6.64. The van der Waals surface area contributed by atoms with Gasteiger partial charge in [0.25, 0.3) is 0 Å². The molecular formula is C16H23F2NO. The van der Waals surface area contributed by atoms with E-state index in [2.05, 4.69) is 18.7 Å². The Hall–Kier alpha value is -1.00. The van der Waals surface area contributed by atoms with Gasteiger partial charge in [0.15, 0.2) is 0 Å². The maximum absolute atomic E-state index is 13.7. The van der Waals surface area contributed by atoms with Crippen LogP contribution in [0.1, 0.15) is 26.3 Å². The van der Waals surface area contributed by atoms with Gasteiger partial charge in [-0.1, -0.05) is 19.9 Å². The van der Waals surface area contributed by atoms with Crippen molar-refractivity contribution in [3.05, 3.63) is 35.4 Å². The average molecular weight is 283 g/mol. The maximum Gasteiger partial charge on any atom is 0.130 e. The molecule has 0 amide bonds. The van der Waals surface area contributed by atoms with Crippen LogP contribution in [-0.4, -0.2) is 30.7 Å². The summed E-state index contributed by atoms with van der Waals surface area (Å²) in [5, 5.41) is 0. The molecule has 2 atom stereocenters. The van der Waals surface area contributed by atoms with E-state index in [0.29, 0.717) is 25.0 Å². The molecule has 20 heavy (non-hydrogen) atoms. The highest BCUT2D eigenvalue weighted by Gasteiger charge is 2.35. The summed E-state index contributed by atoms with van der Waals surface area (Å²) >= 11 is 0. The molecule has 0 N–H and O–H groups in total. The molecule has 112 valence electrons. The van der Waals surface area contributed by atoms with E-state index in [1.165, 1.54) is 18.2 Å². The third-order valence-electron chi connectivity index (χ3n) is 4.07. The number of halogens is 2. The predicted octanol–water partition coefficient (Wildman–Crippen LogP) is 3.46. The zero-order valence-electron chi connectivity index (χ0n) is 12.4. The second-order valence-electron chi connectivity index (χ2n) is 5.80. The van der Waals surface area contributed by atoms with Crippen molar-refractivity contribution in [3.63, 3.8) is 0 Å². The van der Waals surface area contributed by atoms with Crippen molar-refractivity contribution in [1.82, 2.24) is 4.90 Å². The van der Waals surface area contributed by atoms with Crippen LogP contribution >= 0.6 is 0 Å². The highest BCUT2D eigenvalue weighted by molar-refractivity contribution is 5.19. The summed E-state index contributed by atoms with van der Waals surface area (Å²) in [6, 6.07) is 4.03. The van der Waals surface area contributed by atoms with Crippen LogP contribution in [0.5, 0.6) is 0 Å². The van der Waals surface area contributed by atoms with Crippen LogP contribution in [0.4, 0.5) is 8.78 Å². The Bertz CT molecular complexity index is 430. The fraction of sp³-hybridized carbons (Fsp3) is 0.625. The number of likely N-dealkylation sites (tertiary alicyclic amines) is 1. The van der Waals surface area contributed by atoms with E-state index < -0.39 is 11.6 Å². The number of benzene rings is 1. The van der Waals surface area contributed by atoms with Gasteiger partial charge in [-0.2, -0.15) is 0 Å². The Morgan fingerprint density at radius 2 is 1.90 bits per heavy atom. The first-order valence-corrected chi connectivity index (χ1v) is 7.29. The molecule has 0 aliphatic carbocycles. The van der Waals surface area contributed by atoms with E-state index in [1.54, 1.807) is 0 Å². The van der Waals surface area contributed by atoms with Gasteiger partial charge in [-0.15, -0.1) is 0 Å². The summed E-state index contributed by atoms with van der Waals surface area (Å²) in [4.78, 5) is 2.09. The van der Waals surface area contributed by atoms with Gasteiger partial charge >= 0.3 is 0 Å². The predicted molar refractivity (Wildman–Crippen MR) is 75.4 cm³/mol. The summed E-state index contributed by atoms with van der Waals surface area (Å²) in [5.74, 6) is -0.0104. The molecule has 0 saturated carbocycles. The van der Waals surface area contributed by atoms with Gasteiger partial charge in [0.05, 0.1) is 6.10 Å². The Kier molecular flexibility index (Phi) is 5.11. The van der Waals surface area contributed by atoms with Gasteiger partial charge in [0, 0.05) is 37.7 Å². The quantitative estimate of drug-likeness (QED) is 0.820. The zero-order chi connectivity index (χ0) is 14.7. The number of nitrogens with zero attached hydrogens (tertiary/aromatic N) is 1. The molecule has 0 spiro atoms. The normalized spacial score (nSPS) is 23.7. The fourth-order valence-electron chi connectivity index (χ4n) is 2.95. The van der Waals surface area contributed by atoms with Crippen molar-refractivity contribution >= 4 is 0 Å². The van der Waals surface area contributed by atoms with Crippen molar-refractivity contribution in [2.75, 3.05) is 19.7 Å². The Morgan fingerprint density at radius 3 is 2.45 bits per heavy atom. The fourth-order valence-corrected chi connectivity index (χ4v) is 2.95. The molecule has 2 rings (SSSR count). The topological polar surface area (TPSA) is 12.5 Å². The summed E-state index contributed by atoms with van der Waals surface area (Å²) in [7, 11) is 0. The van der Waals surface area contributed by atoms with Crippen molar-refractivity contribution < 1.29 is 13.5 Å². The van der Waals surface area contributed by atoms with Crippen LogP contribution in [-0.2, 0) is 11.3 Å². The lowest BCUT2D eigenvalue weighted by atomic mass is 9.93. The lowest BCUT2D eigenvalue weighted by molar-refractivity contribution is 0.0306. The van der Waals surface area contributed by atoms with Crippen LogP contribution in [0.3, 0.4) is 0 Å². The van der Waals surface area contributed by atoms with Crippen molar-refractivity contribution in [2.45, 2.75) is 33.4 Å². The zero-order valence-corrected chi connectivity index (χ0v) is 12.4. The van der Waals surface area contributed by atoms with E-state index in [0.717, 1.165) is 13.1 Å². The molecule has 1 aliphatic heterocycles. The molecule has 2 nitrogen and oxygen atoms in total. The van der Waals surface area contributed by atoms with E-state index >= 15 is 0 Å². The summed E-state index contributed by atoms with van der Waals surface area (Å²) in [6.07, 6.45) is 0.162. The third-order valence-corrected chi connectivity index (χ3v) is 4.07. The van der Waals surface area contributed by atoms with Gasteiger partial charge < -0.3 is 4.74 Å². The van der Waals surface area contributed by atoms with E-state index in [-0.39, 0.29) is 11.7 Å². The minimum atomic E-state index is -0.467. The molecule has 1 aliphatic rings. The second-order valence-corrected chi connectivity index (χ2v) is 5.80. The first-order chi connectivity index (χ1) is 9.52. The molecule has 0 bridgehead atoms. The third kappa shape index (κ3) is 3.36. The van der Waals surface area contributed by atoms with Crippen LogP contribution < -0.4 is 0 Å². The molecule has 1 fully saturated rings. The first-order valence-electron chi connectivity index (χ1n) is 7.29. The van der Waals surface area contributed by atoms with Crippen LogP contribution in [0.15, 0.2) is 18.2 Å². The van der Waals surface area contributed by atoms with Crippen molar-refractivity contribution in [3.8, 4) is 0 Å². The maximum atomic E-state index is 13.7. The van der Waals surface area contributed by atoms with Crippen molar-refractivity contribution in [2.24, 2.45) is 11.8 Å². The summed E-state index contributed by atoms with van der Waals surface area (Å²) < 4.78 is 33.2. The Balaban J connectivity index is 2.08. The van der Waals surface area contributed by atoms with Crippen molar-refractivity contribution in [1.29, 1.82) is 0 Å². The van der Waals surface area contributed by atoms with Crippen LogP contribution in [0.25, 0.3) is 0 Å². The largest absolute Gasteiger partial charge is 0.377 e. The molecular weight excluding hydrogens is 260 g/mol. The highest BCUT2D eigenvalue weighted by atomic mass is 19.1. The minimum Gasteiger partial charge on any atom is -0.377 e. The lowest BCUT2D eigenvalue weighted by Gasteiger charge is -2.21. The molecule has 1 aromatic rings. The standard InChI is InChI=1S/C16H23F2NO/c1-4-20-16-10-19(8-12(16)11(2)3)9-13-14(17)6-5-7-15(13)18/h5-7,11-12,16H,4,8-10H2,1-3H3. The van der Waals surface area contributed by atoms with Gasteiger partial charge in [0.1, 0.15) is 11.6 Å².